The molecule has 0 saturated heterocycles. The van der Waals surface area contributed by atoms with Crippen LogP contribution in [0, 0.1) is 6.92 Å². The number of methoxy groups -OCH3 is 1. The topological polar surface area (TPSA) is 47.3 Å². The molecule has 0 atom stereocenters. The summed E-state index contributed by atoms with van der Waals surface area (Å²) in [5, 5.41) is 3.80. The van der Waals surface area contributed by atoms with Gasteiger partial charge in [0, 0.05) is 6.07 Å². The van der Waals surface area contributed by atoms with Crippen molar-refractivity contribution in [1.29, 1.82) is 0 Å². The maximum atomic E-state index is 6.16. The predicted octanol–water partition coefficient (Wildman–Crippen LogP) is 3.98. The lowest BCUT2D eigenvalue weighted by atomic mass is 10.2. The summed E-state index contributed by atoms with van der Waals surface area (Å²) in [7, 11) is 1.61. The fourth-order valence-corrected chi connectivity index (χ4v) is 1.88. The molecule has 0 unspecified atom stereocenters. The molecule has 0 heterocycles. The van der Waals surface area contributed by atoms with Gasteiger partial charge in [-0.15, -0.1) is 0 Å². The Morgan fingerprint density at radius 1 is 1.11 bits per heavy atom. The van der Waals surface area contributed by atoms with Gasteiger partial charge in [0.25, 0.3) is 0 Å². The van der Waals surface area contributed by atoms with Crippen molar-refractivity contribution in [3.8, 4) is 5.75 Å². The fraction of sp³-hybridized carbons (Fsp3) is 0.143. The van der Waals surface area contributed by atoms with Gasteiger partial charge in [0.15, 0.2) is 0 Å². The van der Waals surface area contributed by atoms with Crippen LogP contribution in [0.25, 0.3) is 0 Å². The number of anilines is 3. The van der Waals surface area contributed by atoms with Crippen molar-refractivity contribution in [3.05, 3.63) is 47.0 Å². The number of nitrogens with two attached hydrogens (primary N) is 1. The lowest BCUT2D eigenvalue weighted by Gasteiger charge is -2.12. The average Bonchev–Trinajstić information content (AvgIpc) is 2.34. The minimum atomic E-state index is 0.592. The monoisotopic (exact) mass is 262 g/mol. The van der Waals surface area contributed by atoms with Gasteiger partial charge < -0.3 is 15.8 Å². The molecule has 94 valence electrons. The van der Waals surface area contributed by atoms with Crippen LogP contribution in [0.3, 0.4) is 0 Å². The van der Waals surface area contributed by atoms with E-state index in [1.165, 1.54) is 0 Å². The largest absolute Gasteiger partial charge is 0.497 e. The Morgan fingerprint density at radius 3 is 2.44 bits per heavy atom. The van der Waals surface area contributed by atoms with Crippen LogP contribution in [0.5, 0.6) is 5.75 Å². The van der Waals surface area contributed by atoms with Crippen molar-refractivity contribution in [1.82, 2.24) is 0 Å². The fourth-order valence-electron chi connectivity index (χ4n) is 1.67. The molecule has 0 aliphatic carbocycles. The zero-order valence-corrected chi connectivity index (χ0v) is 11.1. The highest BCUT2D eigenvalue weighted by molar-refractivity contribution is 6.33. The third kappa shape index (κ3) is 2.68. The second-order valence-corrected chi connectivity index (χ2v) is 4.47. The molecule has 0 aliphatic heterocycles. The summed E-state index contributed by atoms with van der Waals surface area (Å²) in [6, 6.07) is 11.3. The Balaban J connectivity index is 2.28. The van der Waals surface area contributed by atoms with E-state index in [0.29, 0.717) is 10.7 Å². The van der Waals surface area contributed by atoms with E-state index < -0.39 is 0 Å². The molecule has 0 spiro atoms. The number of nitrogen functional groups attached to an aromatic ring is 1. The number of hydrogen-bond acceptors (Lipinski definition) is 3. The third-order valence-electron chi connectivity index (χ3n) is 2.65. The molecule has 4 heteroatoms. The van der Waals surface area contributed by atoms with Gasteiger partial charge in [-0.25, -0.2) is 0 Å². The summed E-state index contributed by atoms with van der Waals surface area (Å²) in [6.07, 6.45) is 0. The molecular formula is C14H15ClN2O. The Bertz CT molecular complexity index is 570. The quantitative estimate of drug-likeness (QED) is 0.823. The summed E-state index contributed by atoms with van der Waals surface area (Å²) in [4.78, 5) is 0. The molecule has 0 aromatic heterocycles. The second kappa shape index (κ2) is 5.19. The van der Waals surface area contributed by atoms with Crippen LogP contribution in [0.1, 0.15) is 5.56 Å². The summed E-state index contributed by atoms with van der Waals surface area (Å²) < 4.78 is 5.10. The highest BCUT2D eigenvalue weighted by Gasteiger charge is 2.05. The molecule has 0 amide bonds. The van der Waals surface area contributed by atoms with Gasteiger partial charge in [0.05, 0.1) is 29.2 Å². The van der Waals surface area contributed by atoms with Crippen molar-refractivity contribution in [2.24, 2.45) is 0 Å². The van der Waals surface area contributed by atoms with Crippen LogP contribution < -0.4 is 15.8 Å². The minimum absolute atomic E-state index is 0.592. The summed E-state index contributed by atoms with van der Waals surface area (Å²) in [5.74, 6) is 0.724. The zero-order chi connectivity index (χ0) is 13.1. The van der Waals surface area contributed by atoms with E-state index in [0.717, 1.165) is 22.7 Å². The molecule has 2 rings (SSSR count). The van der Waals surface area contributed by atoms with Crippen molar-refractivity contribution in [2.45, 2.75) is 6.92 Å². The van der Waals surface area contributed by atoms with Crippen molar-refractivity contribution >= 4 is 28.7 Å². The third-order valence-corrected chi connectivity index (χ3v) is 2.97. The first kappa shape index (κ1) is 12.6. The van der Waals surface area contributed by atoms with Gasteiger partial charge in [-0.3, -0.25) is 0 Å². The molecule has 0 saturated carbocycles. The van der Waals surface area contributed by atoms with Gasteiger partial charge >= 0.3 is 0 Å². The van der Waals surface area contributed by atoms with E-state index >= 15 is 0 Å². The highest BCUT2D eigenvalue weighted by atomic mass is 35.5. The molecule has 3 nitrogen and oxygen atoms in total. The second-order valence-electron chi connectivity index (χ2n) is 4.06. The Morgan fingerprint density at radius 2 is 1.83 bits per heavy atom. The zero-order valence-electron chi connectivity index (χ0n) is 10.3. The Labute approximate surface area is 112 Å². The number of benzene rings is 2. The van der Waals surface area contributed by atoms with Crippen molar-refractivity contribution in [3.63, 3.8) is 0 Å². The Hall–Kier alpha value is -1.87. The van der Waals surface area contributed by atoms with E-state index in [4.69, 9.17) is 22.1 Å². The van der Waals surface area contributed by atoms with Crippen LogP contribution in [0.15, 0.2) is 36.4 Å². The first-order valence-corrected chi connectivity index (χ1v) is 5.94. The molecule has 0 fully saturated rings. The van der Waals surface area contributed by atoms with Crippen molar-refractivity contribution < 1.29 is 4.74 Å². The van der Waals surface area contributed by atoms with Gasteiger partial charge in [-0.1, -0.05) is 17.7 Å². The van der Waals surface area contributed by atoms with Gasteiger partial charge in [0.1, 0.15) is 5.75 Å². The van der Waals surface area contributed by atoms with Gasteiger partial charge in [-0.05, 0) is 36.8 Å². The lowest BCUT2D eigenvalue weighted by molar-refractivity contribution is 0.415. The summed E-state index contributed by atoms with van der Waals surface area (Å²) in [5.41, 5.74) is 9.40. The molecule has 0 bridgehead atoms. The first-order valence-electron chi connectivity index (χ1n) is 5.57. The molecule has 2 aromatic carbocycles. The normalized spacial score (nSPS) is 10.2. The minimum Gasteiger partial charge on any atom is -0.497 e. The van der Waals surface area contributed by atoms with Crippen molar-refractivity contribution in [2.75, 3.05) is 18.2 Å². The van der Waals surface area contributed by atoms with Crippen LogP contribution in [0.2, 0.25) is 5.02 Å². The molecule has 2 aromatic rings. The standard InChI is InChI=1S/C14H15ClN2O/c1-9-3-5-14(12(16)7-9)17-13-6-4-10(18-2)8-11(13)15/h3-8,17H,16H2,1-2H3. The number of hydrogen-bond donors (Lipinski definition) is 2. The maximum absolute atomic E-state index is 6.16. The molecule has 18 heavy (non-hydrogen) atoms. The first-order chi connectivity index (χ1) is 8.60. The number of rotatable bonds is 3. The van der Waals surface area contributed by atoms with E-state index in [9.17, 15) is 0 Å². The molecule has 3 N–H and O–H groups in total. The Kier molecular flexibility index (Phi) is 3.63. The van der Waals surface area contributed by atoms with Crippen LogP contribution in [0.4, 0.5) is 17.1 Å². The number of aryl methyl sites for hydroxylation is 1. The van der Waals surface area contributed by atoms with Gasteiger partial charge in [0.2, 0.25) is 0 Å². The number of nitrogens with one attached hydrogen (secondary N) is 1. The van der Waals surface area contributed by atoms with Gasteiger partial charge in [-0.2, -0.15) is 0 Å². The van der Waals surface area contributed by atoms with Crippen LogP contribution in [-0.4, -0.2) is 7.11 Å². The predicted molar refractivity (Wildman–Crippen MR) is 76.9 cm³/mol. The molecule has 0 radical (unpaired) electrons. The summed E-state index contributed by atoms with van der Waals surface area (Å²) in [6.45, 7) is 2.00. The number of ether oxygens (including phenoxy) is 1. The SMILES string of the molecule is COc1ccc(Nc2ccc(C)cc2N)c(Cl)c1. The smallest absolute Gasteiger partial charge is 0.120 e. The van der Waals surface area contributed by atoms with E-state index in [1.54, 1.807) is 13.2 Å². The molecular weight excluding hydrogens is 248 g/mol. The van der Waals surface area contributed by atoms with E-state index in [-0.39, 0.29) is 0 Å². The van der Waals surface area contributed by atoms with Crippen LogP contribution >= 0.6 is 11.6 Å². The van der Waals surface area contributed by atoms with E-state index in [1.807, 2.05) is 37.3 Å². The van der Waals surface area contributed by atoms with E-state index in [2.05, 4.69) is 5.32 Å². The molecule has 0 aliphatic rings. The lowest BCUT2D eigenvalue weighted by Crippen LogP contribution is -1.97. The number of halogens is 1. The maximum Gasteiger partial charge on any atom is 0.120 e. The van der Waals surface area contributed by atoms with Crippen LogP contribution in [-0.2, 0) is 0 Å². The summed E-state index contributed by atoms with van der Waals surface area (Å²) >= 11 is 6.16. The average molecular weight is 263 g/mol. The highest BCUT2D eigenvalue weighted by Crippen LogP contribution is 2.31.